The molecule has 0 radical (unpaired) electrons. The molecule has 6 heteroatoms. The Morgan fingerprint density at radius 2 is 1.78 bits per heavy atom. The third kappa shape index (κ3) is 2.42. The van der Waals surface area contributed by atoms with Crippen LogP contribution in [0.25, 0.3) is 11.3 Å². The molecule has 2 aromatic rings. The first-order chi connectivity index (χ1) is 8.38. The van der Waals surface area contributed by atoms with E-state index in [2.05, 4.69) is 4.98 Å². The summed E-state index contributed by atoms with van der Waals surface area (Å²) in [5.41, 5.74) is 4.66. The lowest BCUT2D eigenvalue weighted by atomic mass is 10.0. The summed E-state index contributed by atoms with van der Waals surface area (Å²) in [5.74, 6) is -0.615. The van der Waals surface area contributed by atoms with E-state index in [0.717, 1.165) is 24.4 Å². The van der Waals surface area contributed by atoms with E-state index >= 15 is 0 Å². The highest BCUT2D eigenvalue weighted by Crippen LogP contribution is 2.37. The number of pyridine rings is 1. The molecule has 0 aliphatic heterocycles. The van der Waals surface area contributed by atoms with Crippen molar-refractivity contribution in [2.45, 2.75) is 6.18 Å². The van der Waals surface area contributed by atoms with E-state index in [1.165, 1.54) is 12.1 Å². The molecule has 0 saturated heterocycles. The molecule has 2 N–H and O–H groups in total. The summed E-state index contributed by atoms with van der Waals surface area (Å²) in [5, 5.41) is 0. The monoisotopic (exact) mass is 256 g/mol. The van der Waals surface area contributed by atoms with Gasteiger partial charge in [0.1, 0.15) is 5.82 Å². The van der Waals surface area contributed by atoms with Gasteiger partial charge in [0.05, 0.1) is 17.5 Å². The van der Waals surface area contributed by atoms with Crippen LogP contribution in [0.5, 0.6) is 0 Å². The van der Waals surface area contributed by atoms with Crippen LogP contribution in [0.4, 0.5) is 23.2 Å². The van der Waals surface area contributed by atoms with E-state index in [-0.39, 0.29) is 16.9 Å². The normalized spacial score (nSPS) is 11.6. The Bertz CT molecular complexity index is 561. The minimum atomic E-state index is -4.51. The zero-order chi connectivity index (χ0) is 13.3. The second-order valence-corrected chi connectivity index (χ2v) is 3.66. The summed E-state index contributed by atoms with van der Waals surface area (Å²) in [4.78, 5) is 3.63. The Morgan fingerprint density at radius 1 is 1.06 bits per heavy atom. The number of aromatic nitrogens is 1. The highest BCUT2D eigenvalue weighted by atomic mass is 19.4. The maximum atomic E-state index is 12.8. The first-order valence-corrected chi connectivity index (χ1v) is 4.96. The molecular formula is C12H8F4N2. The highest BCUT2D eigenvalue weighted by Gasteiger charge is 2.33. The molecule has 0 atom stereocenters. The summed E-state index contributed by atoms with van der Waals surface area (Å²) < 4.78 is 51.1. The van der Waals surface area contributed by atoms with Crippen molar-refractivity contribution < 1.29 is 17.6 Å². The lowest BCUT2D eigenvalue weighted by Crippen LogP contribution is -2.08. The Morgan fingerprint density at radius 3 is 2.33 bits per heavy atom. The molecule has 0 aliphatic rings. The van der Waals surface area contributed by atoms with Gasteiger partial charge in [-0.15, -0.1) is 0 Å². The summed E-state index contributed by atoms with van der Waals surface area (Å²) in [6.07, 6.45) is -3.65. The molecule has 94 valence electrons. The van der Waals surface area contributed by atoms with Gasteiger partial charge >= 0.3 is 6.18 Å². The number of rotatable bonds is 1. The number of hydrogen-bond donors (Lipinski definition) is 1. The van der Waals surface area contributed by atoms with Crippen LogP contribution in [-0.4, -0.2) is 4.98 Å². The number of benzene rings is 1. The second kappa shape index (κ2) is 4.29. The number of alkyl halides is 3. The molecule has 0 fully saturated rings. The summed E-state index contributed by atoms with van der Waals surface area (Å²) in [7, 11) is 0. The van der Waals surface area contributed by atoms with Crippen LogP contribution in [0.15, 0.2) is 36.5 Å². The van der Waals surface area contributed by atoms with Crippen molar-refractivity contribution in [3.8, 4) is 11.3 Å². The fourth-order valence-corrected chi connectivity index (χ4v) is 1.56. The van der Waals surface area contributed by atoms with Gasteiger partial charge in [0.15, 0.2) is 0 Å². The predicted octanol–water partition coefficient (Wildman–Crippen LogP) is 3.49. The molecule has 0 amide bonds. The maximum absolute atomic E-state index is 12.8. The number of nitrogens with two attached hydrogens (primary N) is 1. The minimum Gasteiger partial charge on any atom is -0.399 e. The smallest absolute Gasteiger partial charge is 0.399 e. The lowest BCUT2D eigenvalue weighted by molar-refractivity contribution is -0.137. The molecule has 1 aromatic heterocycles. The van der Waals surface area contributed by atoms with Crippen LogP contribution in [0, 0.1) is 5.82 Å². The van der Waals surface area contributed by atoms with Gasteiger partial charge in [0, 0.05) is 11.3 Å². The predicted molar refractivity (Wildman–Crippen MR) is 59.0 cm³/mol. The van der Waals surface area contributed by atoms with E-state index in [9.17, 15) is 17.6 Å². The standard InChI is InChI=1S/C12H8F4N2/c13-7-1-4-11(18-6-7)9-5-8(17)2-3-10(9)12(14,15)16/h1-6H,17H2. The van der Waals surface area contributed by atoms with E-state index in [4.69, 9.17) is 5.73 Å². The first kappa shape index (κ1) is 12.3. The molecule has 1 heterocycles. The average molecular weight is 256 g/mol. The maximum Gasteiger partial charge on any atom is 0.417 e. The zero-order valence-corrected chi connectivity index (χ0v) is 9.00. The van der Waals surface area contributed by atoms with Gasteiger partial charge in [-0.3, -0.25) is 4.98 Å². The van der Waals surface area contributed by atoms with Crippen molar-refractivity contribution in [2.24, 2.45) is 0 Å². The third-order valence-electron chi connectivity index (χ3n) is 2.35. The number of anilines is 1. The molecule has 0 unspecified atom stereocenters. The van der Waals surface area contributed by atoms with Crippen LogP contribution in [-0.2, 0) is 6.18 Å². The number of hydrogen-bond acceptors (Lipinski definition) is 2. The number of halogens is 4. The molecule has 2 rings (SSSR count). The van der Waals surface area contributed by atoms with Gasteiger partial charge in [-0.05, 0) is 30.3 Å². The molecular weight excluding hydrogens is 248 g/mol. The average Bonchev–Trinajstić information content (AvgIpc) is 2.28. The van der Waals surface area contributed by atoms with Crippen molar-refractivity contribution in [2.75, 3.05) is 5.73 Å². The zero-order valence-electron chi connectivity index (χ0n) is 9.00. The molecule has 0 spiro atoms. The molecule has 0 saturated carbocycles. The van der Waals surface area contributed by atoms with Gasteiger partial charge in [0.25, 0.3) is 0 Å². The van der Waals surface area contributed by atoms with Crippen LogP contribution in [0.1, 0.15) is 5.56 Å². The van der Waals surface area contributed by atoms with Gasteiger partial charge in [-0.2, -0.15) is 13.2 Å². The largest absolute Gasteiger partial charge is 0.417 e. The van der Waals surface area contributed by atoms with Crippen molar-refractivity contribution in [1.29, 1.82) is 0 Å². The van der Waals surface area contributed by atoms with Crippen LogP contribution >= 0.6 is 0 Å². The fraction of sp³-hybridized carbons (Fsp3) is 0.0833. The van der Waals surface area contributed by atoms with Crippen LogP contribution in [0.2, 0.25) is 0 Å². The number of nitrogens with zero attached hydrogens (tertiary/aromatic N) is 1. The van der Waals surface area contributed by atoms with E-state index < -0.39 is 17.6 Å². The van der Waals surface area contributed by atoms with E-state index in [0.29, 0.717) is 0 Å². The van der Waals surface area contributed by atoms with Crippen molar-refractivity contribution in [3.63, 3.8) is 0 Å². The minimum absolute atomic E-state index is 0.0241. The van der Waals surface area contributed by atoms with Crippen molar-refractivity contribution in [1.82, 2.24) is 4.98 Å². The Hall–Kier alpha value is -2.11. The highest BCUT2D eigenvalue weighted by molar-refractivity contribution is 5.68. The van der Waals surface area contributed by atoms with Crippen molar-refractivity contribution >= 4 is 5.69 Å². The van der Waals surface area contributed by atoms with Crippen molar-refractivity contribution in [3.05, 3.63) is 47.9 Å². The SMILES string of the molecule is Nc1ccc(C(F)(F)F)c(-c2ccc(F)cn2)c1. The lowest BCUT2D eigenvalue weighted by Gasteiger charge is -2.13. The van der Waals surface area contributed by atoms with Gasteiger partial charge in [-0.1, -0.05) is 0 Å². The van der Waals surface area contributed by atoms with Crippen LogP contribution < -0.4 is 5.73 Å². The quantitative estimate of drug-likeness (QED) is 0.626. The molecule has 2 nitrogen and oxygen atoms in total. The first-order valence-electron chi connectivity index (χ1n) is 4.96. The second-order valence-electron chi connectivity index (χ2n) is 3.66. The van der Waals surface area contributed by atoms with Gasteiger partial charge in [-0.25, -0.2) is 4.39 Å². The molecule has 1 aromatic carbocycles. The van der Waals surface area contributed by atoms with E-state index in [1.54, 1.807) is 0 Å². The number of nitrogen functional groups attached to an aromatic ring is 1. The molecule has 0 bridgehead atoms. The molecule has 18 heavy (non-hydrogen) atoms. The fourth-order valence-electron chi connectivity index (χ4n) is 1.56. The summed E-state index contributed by atoms with van der Waals surface area (Å²) in [6.45, 7) is 0. The Labute approximate surface area is 100 Å². The Kier molecular flexibility index (Phi) is 2.94. The van der Waals surface area contributed by atoms with Gasteiger partial charge < -0.3 is 5.73 Å². The summed E-state index contributed by atoms with van der Waals surface area (Å²) >= 11 is 0. The van der Waals surface area contributed by atoms with E-state index in [1.807, 2.05) is 0 Å². The Balaban J connectivity index is 2.62. The van der Waals surface area contributed by atoms with Gasteiger partial charge in [0.2, 0.25) is 0 Å². The summed E-state index contributed by atoms with van der Waals surface area (Å²) in [6, 6.07) is 5.44. The molecule has 0 aliphatic carbocycles. The van der Waals surface area contributed by atoms with Crippen LogP contribution in [0.3, 0.4) is 0 Å². The third-order valence-corrected chi connectivity index (χ3v) is 2.35. The topological polar surface area (TPSA) is 38.9 Å².